The number of rotatable bonds is 7. The van der Waals surface area contributed by atoms with Crippen molar-refractivity contribution in [1.29, 1.82) is 0 Å². The van der Waals surface area contributed by atoms with E-state index in [1.54, 1.807) is 25.4 Å². The van der Waals surface area contributed by atoms with Crippen molar-refractivity contribution in [3.05, 3.63) is 70.1 Å². The van der Waals surface area contributed by atoms with Gasteiger partial charge in [0.15, 0.2) is 0 Å². The lowest BCUT2D eigenvalue weighted by atomic mass is 10.2. The van der Waals surface area contributed by atoms with E-state index in [-0.39, 0.29) is 17.9 Å². The molecule has 0 atom stereocenters. The lowest BCUT2D eigenvalue weighted by Crippen LogP contribution is -2.27. The number of halogens is 1. The molecule has 0 aliphatic carbocycles. The Balaban J connectivity index is 1.56. The first kappa shape index (κ1) is 18.6. The van der Waals surface area contributed by atoms with Crippen LogP contribution in [0, 0.1) is 12.7 Å². The zero-order chi connectivity index (χ0) is 18.6. The van der Waals surface area contributed by atoms with E-state index in [0.29, 0.717) is 6.42 Å². The number of hydrogen-bond donors (Lipinski definition) is 1. The highest BCUT2D eigenvalue weighted by atomic mass is 32.2. The van der Waals surface area contributed by atoms with Gasteiger partial charge in [-0.3, -0.25) is 4.98 Å². The van der Waals surface area contributed by atoms with E-state index >= 15 is 0 Å². The van der Waals surface area contributed by atoms with Gasteiger partial charge in [-0.15, -0.1) is 11.3 Å². The summed E-state index contributed by atoms with van der Waals surface area (Å²) >= 11 is 1.48. The highest BCUT2D eigenvalue weighted by molar-refractivity contribution is 7.88. The summed E-state index contributed by atoms with van der Waals surface area (Å²) in [5, 5.41) is 2.77. The van der Waals surface area contributed by atoms with Crippen molar-refractivity contribution in [2.45, 2.75) is 19.1 Å². The van der Waals surface area contributed by atoms with Gasteiger partial charge < -0.3 is 0 Å². The molecule has 0 amide bonds. The molecular formula is C18H18FN3O2S2. The molecule has 3 aromatic rings. The van der Waals surface area contributed by atoms with Crippen LogP contribution in [0.1, 0.15) is 16.1 Å². The lowest BCUT2D eigenvalue weighted by Gasteiger charge is -2.07. The topological polar surface area (TPSA) is 72.0 Å². The number of thiazole rings is 1. The molecule has 1 N–H and O–H groups in total. The third-order valence-corrected chi connectivity index (χ3v) is 5.99. The first-order valence-corrected chi connectivity index (χ1v) is 10.5. The van der Waals surface area contributed by atoms with E-state index in [2.05, 4.69) is 14.7 Å². The van der Waals surface area contributed by atoms with Crippen LogP contribution in [0.2, 0.25) is 0 Å². The van der Waals surface area contributed by atoms with Gasteiger partial charge in [0.25, 0.3) is 0 Å². The van der Waals surface area contributed by atoms with E-state index in [1.165, 1.54) is 23.5 Å². The monoisotopic (exact) mass is 391 g/mol. The standard InChI is InChI=1S/C18H18FN3O2S2/c1-13-2-3-15(16(19)10-13)12-26(23,24)21-9-6-18-22-17(11-25-18)14-4-7-20-8-5-14/h2-5,7-8,10-11,21H,6,9,12H2,1H3. The van der Waals surface area contributed by atoms with Gasteiger partial charge in [0.1, 0.15) is 5.82 Å². The van der Waals surface area contributed by atoms with Gasteiger partial charge in [0, 0.05) is 41.9 Å². The van der Waals surface area contributed by atoms with E-state index in [0.717, 1.165) is 21.8 Å². The molecule has 3 rings (SSSR count). The zero-order valence-electron chi connectivity index (χ0n) is 14.1. The molecule has 2 aromatic heterocycles. The van der Waals surface area contributed by atoms with Crippen LogP contribution < -0.4 is 4.72 Å². The molecule has 0 saturated heterocycles. The van der Waals surface area contributed by atoms with Crippen molar-refractivity contribution < 1.29 is 12.8 Å². The number of sulfonamides is 1. The molecule has 1 aromatic carbocycles. The third-order valence-electron chi connectivity index (χ3n) is 3.74. The molecule has 5 nitrogen and oxygen atoms in total. The molecule has 0 unspecified atom stereocenters. The molecule has 2 heterocycles. The molecule has 8 heteroatoms. The Bertz CT molecular complexity index is 989. The smallest absolute Gasteiger partial charge is 0.215 e. The SMILES string of the molecule is Cc1ccc(CS(=O)(=O)NCCc2nc(-c3ccncc3)cs2)c(F)c1. The minimum Gasteiger partial charge on any atom is -0.265 e. The number of hydrogen-bond acceptors (Lipinski definition) is 5. The second-order valence-electron chi connectivity index (χ2n) is 5.86. The summed E-state index contributed by atoms with van der Waals surface area (Å²) in [6.07, 6.45) is 3.88. The van der Waals surface area contributed by atoms with Crippen molar-refractivity contribution in [2.75, 3.05) is 6.54 Å². The van der Waals surface area contributed by atoms with E-state index in [4.69, 9.17) is 0 Å². The summed E-state index contributed by atoms with van der Waals surface area (Å²) in [6, 6.07) is 8.28. The average molecular weight is 391 g/mol. The quantitative estimate of drug-likeness (QED) is 0.671. The van der Waals surface area contributed by atoms with Crippen LogP contribution in [0.5, 0.6) is 0 Å². The fourth-order valence-corrected chi connectivity index (χ4v) is 4.39. The molecule has 0 aliphatic rings. The van der Waals surface area contributed by atoms with Gasteiger partial charge in [0.05, 0.1) is 16.5 Å². The third kappa shape index (κ3) is 4.94. The zero-order valence-corrected chi connectivity index (χ0v) is 15.8. The Morgan fingerprint density at radius 1 is 1.19 bits per heavy atom. The van der Waals surface area contributed by atoms with Crippen molar-refractivity contribution in [3.8, 4) is 11.3 Å². The minimum atomic E-state index is -3.61. The summed E-state index contributed by atoms with van der Waals surface area (Å²) in [6.45, 7) is 1.98. The second kappa shape index (κ2) is 8.03. The largest absolute Gasteiger partial charge is 0.265 e. The molecule has 136 valence electrons. The predicted molar refractivity (Wildman–Crippen MR) is 101 cm³/mol. The summed E-state index contributed by atoms with van der Waals surface area (Å²) in [7, 11) is -3.61. The maximum atomic E-state index is 13.8. The Kier molecular flexibility index (Phi) is 5.75. The molecule has 0 aliphatic heterocycles. The second-order valence-corrected chi connectivity index (χ2v) is 8.61. The van der Waals surface area contributed by atoms with E-state index in [9.17, 15) is 12.8 Å². The van der Waals surface area contributed by atoms with Gasteiger partial charge >= 0.3 is 0 Å². The minimum absolute atomic E-state index is 0.164. The lowest BCUT2D eigenvalue weighted by molar-refractivity contribution is 0.574. The fraction of sp³-hybridized carbons (Fsp3) is 0.222. The van der Waals surface area contributed by atoms with E-state index < -0.39 is 15.8 Å². The summed E-state index contributed by atoms with van der Waals surface area (Å²) in [5.41, 5.74) is 2.73. The molecule has 0 fully saturated rings. The Labute approximate surface area is 156 Å². The van der Waals surface area contributed by atoms with Gasteiger partial charge in [-0.25, -0.2) is 22.5 Å². The summed E-state index contributed by atoms with van der Waals surface area (Å²) in [5.74, 6) is -0.878. The molecule has 0 bridgehead atoms. The van der Waals surface area contributed by atoms with Crippen LogP contribution in [-0.2, 0) is 22.2 Å². The number of nitrogens with one attached hydrogen (secondary N) is 1. The maximum Gasteiger partial charge on any atom is 0.215 e. The first-order chi connectivity index (χ1) is 12.4. The highest BCUT2D eigenvalue weighted by Crippen LogP contribution is 2.21. The van der Waals surface area contributed by atoms with Crippen LogP contribution in [0.3, 0.4) is 0 Å². The van der Waals surface area contributed by atoms with Crippen molar-refractivity contribution in [2.24, 2.45) is 0 Å². The van der Waals surface area contributed by atoms with Crippen LogP contribution in [0.25, 0.3) is 11.3 Å². The average Bonchev–Trinajstić information content (AvgIpc) is 3.07. The Morgan fingerprint density at radius 3 is 2.69 bits per heavy atom. The van der Waals surface area contributed by atoms with Crippen LogP contribution >= 0.6 is 11.3 Å². The van der Waals surface area contributed by atoms with Crippen LogP contribution in [0.4, 0.5) is 4.39 Å². The summed E-state index contributed by atoms with van der Waals surface area (Å²) < 4.78 is 40.6. The molecule has 0 radical (unpaired) electrons. The van der Waals surface area contributed by atoms with Crippen molar-refractivity contribution >= 4 is 21.4 Å². The predicted octanol–water partition coefficient (Wildman–Crippen LogP) is 3.31. The Morgan fingerprint density at radius 2 is 1.96 bits per heavy atom. The van der Waals surface area contributed by atoms with Gasteiger partial charge in [-0.1, -0.05) is 12.1 Å². The Hall–Kier alpha value is -2.16. The number of pyridine rings is 1. The number of aromatic nitrogens is 2. The normalized spacial score (nSPS) is 11.6. The molecule has 0 saturated carbocycles. The molecule has 26 heavy (non-hydrogen) atoms. The van der Waals surface area contributed by atoms with Crippen molar-refractivity contribution in [1.82, 2.24) is 14.7 Å². The van der Waals surface area contributed by atoms with Gasteiger partial charge in [-0.05, 0) is 30.7 Å². The number of benzene rings is 1. The van der Waals surface area contributed by atoms with Gasteiger partial charge in [0.2, 0.25) is 10.0 Å². The molecular weight excluding hydrogens is 373 g/mol. The van der Waals surface area contributed by atoms with Crippen LogP contribution in [-0.4, -0.2) is 24.9 Å². The molecule has 0 spiro atoms. The number of nitrogens with zero attached hydrogens (tertiary/aromatic N) is 2. The van der Waals surface area contributed by atoms with E-state index in [1.807, 2.05) is 17.5 Å². The number of aryl methyl sites for hydroxylation is 1. The van der Waals surface area contributed by atoms with Gasteiger partial charge in [-0.2, -0.15) is 0 Å². The van der Waals surface area contributed by atoms with Crippen LogP contribution in [0.15, 0.2) is 48.1 Å². The first-order valence-electron chi connectivity index (χ1n) is 8.00. The summed E-state index contributed by atoms with van der Waals surface area (Å²) in [4.78, 5) is 8.48. The fourth-order valence-electron chi connectivity index (χ4n) is 2.42. The highest BCUT2D eigenvalue weighted by Gasteiger charge is 2.15. The van der Waals surface area contributed by atoms with Crippen molar-refractivity contribution in [3.63, 3.8) is 0 Å². The maximum absolute atomic E-state index is 13.8.